The molecular formula is C22H29N2O3+. The molecule has 1 aliphatic rings. The number of aromatic nitrogens is 1. The Labute approximate surface area is 160 Å². The van der Waals surface area contributed by atoms with Gasteiger partial charge < -0.3 is 15.0 Å². The third kappa shape index (κ3) is 3.83. The first kappa shape index (κ1) is 19.4. The molecule has 5 heteroatoms. The Kier molecular flexibility index (Phi) is 5.80. The summed E-state index contributed by atoms with van der Waals surface area (Å²) in [6, 6.07) is 8.59. The van der Waals surface area contributed by atoms with Gasteiger partial charge in [-0.2, -0.15) is 0 Å². The fourth-order valence-corrected chi connectivity index (χ4v) is 4.16. The van der Waals surface area contributed by atoms with E-state index >= 15 is 0 Å². The molecule has 0 unspecified atom stereocenters. The molecule has 0 spiro atoms. The van der Waals surface area contributed by atoms with Crippen LogP contribution < -0.4 is 5.32 Å². The molecule has 0 saturated carbocycles. The maximum atomic E-state index is 13.1. The predicted molar refractivity (Wildman–Crippen MR) is 104 cm³/mol. The van der Waals surface area contributed by atoms with E-state index in [4.69, 9.17) is 4.74 Å². The van der Waals surface area contributed by atoms with Gasteiger partial charge >= 0.3 is 5.97 Å². The van der Waals surface area contributed by atoms with Crippen molar-refractivity contribution in [3.8, 4) is 0 Å². The number of benzene rings is 1. The van der Waals surface area contributed by atoms with Gasteiger partial charge in [0.2, 0.25) is 5.78 Å². The number of quaternary nitrogens is 1. The van der Waals surface area contributed by atoms with Crippen LogP contribution in [0.2, 0.25) is 0 Å². The lowest BCUT2D eigenvalue weighted by atomic mass is 9.87. The molecule has 5 nitrogen and oxygen atoms in total. The Hall–Kier alpha value is -2.40. The molecule has 0 saturated heterocycles. The van der Waals surface area contributed by atoms with Gasteiger partial charge in [0.15, 0.2) is 0 Å². The van der Waals surface area contributed by atoms with Gasteiger partial charge in [-0.3, -0.25) is 4.79 Å². The highest BCUT2D eigenvalue weighted by atomic mass is 16.5. The van der Waals surface area contributed by atoms with Gasteiger partial charge in [-0.15, -0.1) is 0 Å². The molecule has 144 valence electrons. The molecular weight excluding hydrogens is 340 g/mol. The standard InChI is InChI=1S/C22H28N2O3/c1-5-27-22(26)19-13(2)20(24-14(19)3)21(25)15(4)23-18-12-8-10-16-9-6-7-11-17(16)18/h6-7,9,11,15,18,23-24H,5,8,10,12H2,1-4H3/p+1/t15-,18-/m1/s1. The van der Waals surface area contributed by atoms with E-state index in [1.54, 1.807) is 6.92 Å². The van der Waals surface area contributed by atoms with E-state index in [9.17, 15) is 9.59 Å². The minimum Gasteiger partial charge on any atom is -0.462 e. The summed E-state index contributed by atoms with van der Waals surface area (Å²) in [6.45, 7) is 7.66. The molecule has 0 bridgehead atoms. The van der Waals surface area contributed by atoms with Crippen molar-refractivity contribution in [1.82, 2.24) is 4.98 Å². The van der Waals surface area contributed by atoms with Crippen LogP contribution in [0, 0.1) is 13.8 Å². The van der Waals surface area contributed by atoms with Crippen molar-refractivity contribution < 1.29 is 19.6 Å². The zero-order valence-corrected chi connectivity index (χ0v) is 16.6. The van der Waals surface area contributed by atoms with Gasteiger partial charge in [0.1, 0.15) is 12.1 Å². The first-order valence-electron chi connectivity index (χ1n) is 9.77. The van der Waals surface area contributed by atoms with E-state index in [0.29, 0.717) is 35.2 Å². The number of aromatic amines is 1. The maximum Gasteiger partial charge on any atom is 0.340 e. The number of aryl methyl sites for hydroxylation is 2. The van der Waals surface area contributed by atoms with E-state index in [-0.39, 0.29) is 17.8 Å². The van der Waals surface area contributed by atoms with Gasteiger partial charge in [-0.05, 0) is 51.7 Å². The fourth-order valence-electron chi connectivity index (χ4n) is 4.16. The number of nitrogens with one attached hydrogen (secondary N) is 1. The monoisotopic (exact) mass is 369 g/mol. The largest absolute Gasteiger partial charge is 0.462 e. The van der Waals surface area contributed by atoms with Gasteiger partial charge in [0, 0.05) is 17.7 Å². The Morgan fingerprint density at radius 1 is 1.30 bits per heavy atom. The summed E-state index contributed by atoms with van der Waals surface area (Å²) in [6.07, 6.45) is 3.33. The van der Waals surface area contributed by atoms with Gasteiger partial charge in [-0.1, -0.05) is 24.3 Å². The number of ether oxygens (including phenoxy) is 1. The van der Waals surface area contributed by atoms with Crippen LogP contribution in [0.1, 0.15) is 76.0 Å². The highest BCUT2D eigenvalue weighted by Gasteiger charge is 2.31. The molecule has 27 heavy (non-hydrogen) atoms. The van der Waals surface area contributed by atoms with Crippen molar-refractivity contribution in [2.45, 2.75) is 59.0 Å². The third-order valence-corrected chi connectivity index (χ3v) is 5.51. The number of fused-ring (bicyclic) bond motifs is 1. The van der Waals surface area contributed by atoms with Gasteiger partial charge in [0.05, 0.1) is 17.9 Å². The summed E-state index contributed by atoms with van der Waals surface area (Å²) in [7, 11) is 0. The molecule has 0 radical (unpaired) electrons. The Morgan fingerprint density at radius 2 is 2.04 bits per heavy atom. The van der Waals surface area contributed by atoms with Crippen LogP contribution in [-0.4, -0.2) is 29.4 Å². The summed E-state index contributed by atoms with van der Waals surface area (Å²) < 4.78 is 5.13. The minimum absolute atomic E-state index is 0.0224. The smallest absolute Gasteiger partial charge is 0.340 e. The van der Waals surface area contributed by atoms with Crippen LogP contribution in [-0.2, 0) is 11.2 Å². The zero-order valence-electron chi connectivity index (χ0n) is 16.6. The molecule has 1 heterocycles. The maximum absolute atomic E-state index is 13.1. The number of carbonyl (C=O) groups excluding carboxylic acids is 2. The molecule has 3 N–H and O–H groups in total. The van der Waals surface area contributed by atoms with Gasteiger partial charge in [-0.25, -0.2) is 4.79 Å². The van der Waals surface area contributed by atoms with Crippen LogP contribution in [0.15, 0.2) is 24.3 Å². The second-order valence-electron chi connectivity index (χ2n) is 7.39. The predicted octanol–water partition coefficient (Wildman–Crippen LogP) is 3.02. The number of hydrogen-bond acceptors (Lipinski definition) is 3. The second-order valence-corrected chi connectivity index (χ2v) is 7.39. The molecule has 0 fully saturated rings. The highest BCUT2D eigenvalue weighted by Crippen LogP contribution is 2.27. The molecule has 0 aliphatic heterocycles. The lowest BCUT2D eigenvalue weighted by Gasteiger charge is -2.25. The number of esters is 1. The number of ketones is 1. The molecule has 2 atom stereocenters. The first-order chi connectivity index (χ1) is 12.9. The van der Waals surface area contributed by atoms with E-state index < -0.39 is 0 Å². The summed E-state index contributed by atoms with van der Waals surface area (Å²) in [5.74, 6) is -0.352. The van der Waals surface area contributed by atoms with E-state index in [2.05, 4.69) is 34.6 Å². The average molecular weight is 369 g/mol. The summed E-state index contributed by atoms with van der Waals surface area (Å²) in [4.78, 5) is 28.4. The molecule has 1 aromatic heterocycles. The number of carbonyl (C=O) groups is 2. The molecule has 2 aromatic rings. The van der Waals surface area contributed by atoms with Crippen molar-refractivity contribution in [3.63, 3.8) is 0 Å². The number of Topliss-reactive ketones (excluding diaryl/α,β-unsaturated/α-hetero) is 1. The third-order valence-electron chi connectivity index (χ3n) is 5.51. The zero-order chi connectivity index (χ0) is 19.6. The fraction of sp³-hybridized carbons (Fsp3) is 0.455. The molecule has 0 amide bonds. The number of nitrogens with two attached hydrogens (primary N) is 1. The minimum atomic E-state index is -0.374. The van der Waals surface area contributed by atoms with Crippen LogP contribution >= 0.6 is 0 Å². The quantitative estimate of drug-likeness (QED) is 0.607. The van der Waals surface area contributed by atoms with Crippen molar-refractivity contribution in [2.75, 3.05) is 6.61 Å². The van der Waals surface area contributed by atoms with Crippen LogP contribution in [0.5, 0.6) is 0 Å². The molecule has 1 aliphatic carbocycles. The lowest BCUT2D eigenvalue weighted by molar-refractivity contribution is -0.713. The lowest BCUT2D eigenvalue weighted by Crippen LogP contribution is -2.92. The summed E-state index contributed by atoms with van der Waals surface area (Å²) in [5.41, 5.74) is 5.10. The van der Waals surface area contributed by atoms with Crippen LogP contribution in [0.25, 0.3) is 0 Å². The Balaban J connectivity index is 1.79. The number of rotatable bonds is 6. The Morgan fingerprint density at radius 3 is 2.78 bits per heavy atom. The first-order valence-corrected chi connectivity index (χ1v) is 9.77. The Bertz CT molecular complexity index is 853. The van der Waals surface area contributed by atoms with Crippen molar-refractivity contribution in [2.24, 2.45) is 0 Å². The van der Waals surface area contributed by atoms with Gasteiger partial charge in [0.25, 0.3) is 0 Å². The second kappa shape index (κ2) is 8.09. The molecule has 3 rings (SSSR count). The average Bonchev–Trinajstić information content (AvgIpc) is 2.95. The van der Waals surface area contributed by atoms with Crippen LogP contribution in [0.3, 0.4) is 0 Å². The molecule has 1 aromatic carbocycles. The van der Waals surface area contributed by atoms with Crippen molar-refractivity contribution in [1.29, 1.82) is 0 Å². The van der Waals surface area contributed by atoms with Crippen molar-refractivity contribution in [3.05, 3.63) is 57.9 Å². The van der Waals surface area contributed by atoms with E-state index in [0.717, 1.165) is 19.3 Å². The summed E-state index contributed by atoms with van der Waals surface area (Å²) >= 11 is 0. The van der Waals surface area contributed by atoms with E-state index in [1.165, 1.54) is 11.1 Å². The number of hydrogen-bond donors (Lipinski definition) is 2. The SMILES string of the molecule is CCOC(=O)c1c(C)[nH]c(C(=O)[C@@H](C)[NH2+][C@@H]2CCCc3ccccc32)c1C. The van der Waals surface area contributed by atoms with Crippen molar-refractivity contribution >= 4 is 11.8 Å². The number of H-pyrrole nitrogens is 1. The van der Waals surface area contributed by atoms with Crippen LogP contribution in [0.4, 0.5) is 0 Å². The highest BCUT2D eigenvalue weighted by molar-refractivity contribution is 6.03. The summed E-state index contributed by atoms with van der Waals surface area (Å²) in [5, 5.41) is 2.17. The topological polar surface area (TPSA) is 75.8 Å². The normalized spacial score (nSPS) is 17.3. The van der Waals surface area contributed by atoms with E-state index in [1.807, 2.05) is 20.8 Å².